The maximum Gasteiger partial charge on any atom is 0.446 e. The summed E-state index contributed by atoms with van der Waals surface area (Å²) in [5.74, 6) is 0. The van der Waals surface area contributed by atoms with E-state index < -0.39 is 5.51 Å². The highest BCUT2D eigenvalue weighted by Gasteiger charge is 2.29. The van der Waals surface area contributed by atoms with Gasteiger partial charge in [-0.25, -0.2) is 4.79 Å². The molecule has 3 nitrogen and oxygen atoms in total. The summed E-state index contributed by atoms with van der Waals surface area (Å²) in [5.41, 5.74) is -3.99. The van der Waals surface area contributed by atoms with Crippen molar-refractivity contribution >= 4 is 23.5 Å². The highest BCUT2D eigenvalue weighted by atomic mass is 32.2. The van der Waals surface area contributed by atoms with Crippen LogP contribution in [-0.2, 0) is 0 Å². The third-order valence-corrected chi connectivity index (χ3v) is 4.64. The Morgan fingerprint density at radius 2 is 2.04 bits per heavy atom. The highest BCUT2D eigenvalue weighted by Crippen LogP contribution is 2.37. The predicted molar refractivity (Wildman–Crippen MR) is 91.1 cm³/mol. The molecule has 24 heavy (non-hydrogen) atoms. The minimum atomic E-state index is -4.35. The molecule has 0 heterocycles. The lowest BCUT2D eigenvalue weighted by Gasteiger charge is -2.33. The maximum atomic E-state index is 12.5. The fraction of sp³-hybridized carbons (Fsp3) is 0.471. The SMILES string of the molecule is C=CCN(C(=O)Nc1cccc(SC(F)(F)F)c1)C1CCCCC1. The summed E-state index contributed by atoms with van der Waals surface area (Å²) in [4.78, 5) is 14.3. The number of thioether (sulfide) groups is 1. The molecule has 1 aliphatic carbocycles. The molecule has 0 bridgehead atoms. The van der Waals surface area contributed by atoms with Gasteiger partial charge in [0.05, 0.1) is 0 Å². The number of benzene rings is 1. The Hall–Kier alpha value is -1.63. The average Bonchev–Trinajstić information content (AvgIpc) is 2.52. The van der Waals surface area contributed by atoms with Gasteiger partial charge in [0.25, 0.3) is 0 Å². The highest BCUT2D eigenvalue weighted by molar-refractivity contribution is 8.00. The first-order valence-electron chi connectivity index (χ1n) is 7.93. The second-order valence-corrected chi connectivity index (χ2v) is 6.88. The van der Waals surface area contributed by atoms with Crippen LogP contribution >= 0.6 is 11.8 Å². The van der Waals surface area contributed by atoms with Gasteiger partial charge in [-0.15, -0.1) is 6.58 Å². The topological polar surface area (TPSA) is 32.3 Å². The average molecular weight is 358 g/mol. The summed E-state index contributed by atoms with van der Waals surface area (Å²) in [6, 6.07) is 5.66. The zero-order valence-electron chi connectivity index (χ0n) is 13.3. The molecule has 0 atom stereocenters. The number of nitrogens with zero attached hydrogens (tertiary/aromatic N) is 1. The van der Waals surface area contributed by atoms with E-state index in [4.69, 9.17) is 0 Å². The van der Waals surface area contributed by atoms with Gasteiger partial charge >= 0.3 is 11.5 Å². The van der Waals surface area contributed by atoms with Gasteiger partial charge in [-0.2, -0.15) is 13.2 Å². The number of alkyl halides is 3. The fourth-order valence-electron chi connectivity index (χ4n) is 2.90. The Labute approximate surface area is 144 Å². The standard InChI is InChI=1S/C17H21F3N2OS/c1-2-11-22(14-8-4-3-5-9-14)16(23)21-13-7-6-10-15(12-13)24-17(18,19)20/h2,6-7,10,12,14H,1,3-5,8-9,11H2,(H,21,23). The summed E-state index contributed by atoms with van der Waals surface area (Å²) in [5, 5.41) is 2.71. The number of nitrogens with one attached hydrogen (secondary N) is 1. The third kappa shape index (κ3) is 5.78. The number of rotatable bonds is 5. The van der Waals surface area contributed by atoms with Crippen molar-refractivity contribution in [2.45, 2.75) is 48.5 Å². The summed E-state index contributed by atoms with van der Waals surface area (Å²) in [6.45, 7) is 4.11. The monoisotopic (exact) mass is 358 g/mol. The molecule has 7 heteroatoms. The number of hydrogen-bond donors (Lipinski definition) is 1. The van der Waals surface area contributed by atoms with Crippen molar-refractivity contribution in [3.63, 3.8) is 0 Å². The van der Waals surface area contributed by atoms with Crippen molar-refractivity contribution in [3.8, 4) is 0 Å². The van der Waals surface area contributed by atoms with Gasteiger partial charge in [0.15, 0.2) is 0 Å². The van der Waals surface area contributed by atoms with E-state index in [-0.39, 0.29) is 28.7 Å². The maximum absolute atomic E-state index is 12.5. The van der Waals surface area contributed by atoms with Crippen LogP contribution in [0.4, 0.5) is 23.7 Å². The predicted octanol–water partition coefficient (Wildman–Crippen LogP) is 5.65. The Kier molecular flexibility index (Phi) is 6.60. The summed E-state index contributed by atoms with van der Waals surface area (Å²) < 4.78 is 37.4. The summed E-state index contributed by atoms with van der Waals surface area (Å²) in [7, 11) is 0. The van der Waals surface area contributed by atoms with E-state index in [1.165, 1.54) is 24.6 Å². The zero-order valence-corrected chi connectivity index (χ0v) is 14.1. The van der Waals surface area contributed by atoms with Gasteiger partial charge in [0.2, 0.25) is 0 Å². The lowest BCUT2D eigenvalue weighted by atomic mass is 9.94. The molecule has 0 aromatic heterocycles. The molecule has 0 radical (unpaired) electrons. The molecular weight excluding hydrogens is 337 g/mol. The zero-order chi connectivity index (χ0) is 17.6. The van der Waals surface area contributed by atoms with Crippen LogP contribution in [0.1, 0.15) is 32.1 Å². The molecule has 0 aliphatic heterocycles. The van der Waals surface area contributed by atoms with Crippen molar-refractivity contribution in [2.75, 3.05) is 11.9 Å². The Morgan fingerprint density at radius 1 is 1.33 bits per heavy atom. The first-order chi connectivity index (χ1) is 11.4. The van der Waals surface area contributed by atoms with Crippen LogP contribution in [0.2, 0.25) is 0 Å². The van der Waals surface area contributed by atoms with Crippen molar-refractivity contribution in [2.24, 2.45) is 0 Å². The van der Waals surface area contributed by atoms with Crippen LogP contribution in [0.3, 0.4) is 0 Å². The number of urea groups is 1. The molecule has 1 aromatic carbocycles. The molecule has 132 valence electrons. The lowest BCUT2D eigenvalue weighted by Crippen LogP contribution is -2.43. The molecule has 2 rings (SSSR count). The second-order valence-electron chi connectivity index (χ2n) is 5.74. The quantitative estimate of drug-likeness (QED) is 0.545. The van der Waals surface area contributed by atoms with Gasteiger partial charge in [0, 0.05) is 23.2 Å². The normalized spacial score (nSPS) is 15.8. The second kappa shape index (κ2) is 8.46. The number of carbonyl (C=O) groups excluding carboxylic acids is 1. The van der Waals surface area contributed by atoms with Gasteiger partial charge in [-0.05, 0) is 42.8 Å². The van der Waals surface area contributed by atoms with E-state index in [0.29, 0.717) is 12.2 Å². The van der Waals surface area contributed by atoms with Crippen LogP contribution in [0, 0.1) is 0 Å². The number of amides is 2. The van der Waals surface area contributed by atoms with E-state index in [2.05, 4.69) is 11.9 Å². The van der Waals surface area contributed by atoms with Crippen LogP contribution < -0.4 is 5.32 Å². The van der Waals surface area contributed by atoms with Crippen LogP contribution in [0.5, 0.6) is 0 Å². The van der Waals surface area contributed by atoms with Crippen LogP contribution in [-0.4, -0.2) is 29.0 Å². The third-order valence-electron chi connectivity index (χ3n) is 3.92. The first kappa shape index (κ1) is 18.7. The van der Waals surface area contributed by atoms with Crippen molar-refractivity contribution in [1.29, 1.82) is 0 Å². The number of halogens is 3. The molecular formula is C17H21F3N2OS. The van der Waals surface area contributed by atoms with E-state index in [1.807, 2.05) is 0 Å². The van der Waals surface area contributed by atoms with E-state index in [0.717, 1.165) is 25.7 Å². The largest absolute Gasteiger partial charge is 0.446 e. The van der Waals surface area contributed by atoms with E-state index in [1.54, 1.807) is 17.0 Å². The van der Waals surface area contributed by atoms with Crippen molar-refractivity contribution < 1.29 is 18.0 Å². The molecule has 0 spiro atoms. The van der Waals surface area contributed by atoms with Gasteiger partial charge in [-0.3, -0.25) is 0 Å². The first-order valence-corrected chi connectivity index (χ1v) is 8.75. The lowest BCUT2D eigenvalue weighted by molar-refractivity contribution is -0.0328. The number of carbonyl (C=O) groups is 1. The summed E-state index contributed by atoms with van der Waals surface area (Å²) in [6.07, 6.45) is 6.92. The van der Waals surface area contributed by atoms with E-state index in [9.17, 15) is 18.0 Å². The molecule has 0 unspecified atom stereocenters. The van der Waals surface area contributed by atoms with Gasteiger partial charge in [0.1, 0.15) is 0 Å². The molecule has 1 fully saturated rings. The smallest absolute Gasteiger partial charge is 0.318 e. The summed E-state index contributed by atoms with van der Waals surface area (Å²) >= 11 is -0.192. The Morgan fingerprint density at radius 3 is 2.67 bits per heavy atom. The fourth-order valence-corrected chi connectivity index (χ4v) is 3.50. The van der Waals surface area contributed by atoms with Gasteiger partial charge in [-0.1, -0.05) is 31.4 Å². The molecule has 1 N–H and O–H groups in total. The van der Waals surface area contributed by atoms with Crippen LogP contribution in [0.15, 0.2) is 41.8 Å². The van der Waals surface area contributed by atoms with Crippen LogP contribution in [0.25, 0.3) is 0 Å². The minimum absolute atomic E-state index is 0.0493. The molecule has 1 saturated carbocycles. The van der Waals surface area contributed by atoms with E-state index >= 15 is 0 Å². The Balaban J connectivity index is 2.05. The number of anilines is 1. The number of hydrogen-bond acceptors (Lipinski definition) is 2. The minimum Gasteiger partial charge on any atom is -0.318 e. The Bertz CT molecular complexity index is 571. The van der Waals surface area contributed by atoms with Crippen molar-refractivity contribution in [3.05, 3.63) is 36.9 Å². The van der Waals surface area contributed by atoms with Gasteiger partial charge < -0.3 is 10.2 Å². The molecule has 1 aliphatic rings. The molecule has 1 aromatic rings. The molecule has 2 amide bonds. The molecule has 0 saturated heterocycles. The van der Waals surface area contributed by atoms with Crippen molar-refractivity contribution in [1.82, 2.24) is 4.90 Å².